The number of carbonyl (C=O) groups excluding carboxylic acids is 1. The van der Waals surface area contributed by atoms with Gasteiger partial charge in [0, 0.05) is 11.8 Å². The van der Waals surface area contributed by atoms with Crippen molar-refractivity contribution >= 4 is 34.9 Å². The third-order valence-electron chi connectivity index (χ3n) is 5.38. The molecule has 0 bridgehead atoms. The molecule has 34 heavy (non-hydrogen) atoms. The molecule has 3 heterocycles. The number of aromatic nitrogens is 3. The topological polar surface area (TPSA) is 79.9 Å². The number of halogens is 2. The molecular weight excluding hydrogens is 440 g/mol. The van der Waals surface area contributed by atoms with E-state index in [9.17, 15) is 18.4 Å². The summed E-state index contributed by atoms with van der Waals surface area (Å²) in [5.41, 5.74) is 3.19. The second-order valence-electron chi connectivity index (χ2n) is 7.63. The van der Waals surface area contributed by atoms with Gasteiger partial charge >= 0.3 is 5.69 Å². The van der Waals surface area contributed by atoms with Gasteiger partial charge in [-0.3, -0.25) is 14.2 Å². The van der Waals surface area contributed by atoms with Gasteiger partial charge in [-0.25, -0.2) is 18.7 Å². The van der Waals surface area contributed by atoms with E-state index in [0.717, 1.165) is 50.7 Å². The first kappa shape index (κ1) is 21.2. The first-order chi connectivity index (χ1) is 16.4. The van der Waals surface area contributed by atoms with Crippen LogP contribution in [0.2, 0.25) is 0 Å². The fourth-order valence-electron chi connectivity index (χ4n) is 3.59. The number of amides is 1. The summed E-state index contributed by atoms with van der Waals surface area (Å²) in [7, 11) is 0. The lowest BCUT2D eigenvalue weighted by atomic mass is 10.1. The normalized spacial score (nSPS) is 11.5. The summed E-state index contributed by atoms with van der Waals surface area (Å²) >= 11 is 0. The molecule has 0 unspecified atom stereocenters. The van der Waals surface area contributed by atoms with Crippen molar-refractivity contribution in [2.75, 3.05) is 6.54 Å². The van der Waals surface area contributed by atoms with Crippen molar-refractivity contribution < 1.29 is 13.6 Å². The lowest BCUT2D eigenvalue weighted by Crippen LogP contribution is -2.33. The standard InChI is InChI=1S/C25H15F2N5O2/c1-31-22-12-30-21-7-5-15(9-17(21)23(22)31)3-2-8-29-24(33)18-11-28-14-32(25(18)34)13-16-4-6-19(26)20(27)10-16/h4-7,9-12,14H,1,8,13H2/p+1. The molecule has 0 aliphatic carbocycles. The van der Waals surface area contributed by atoms with Gasteiger partial charge in [0.1, 0.15) is 18.5 Å². The number of hydrogen-bond acceptors (Lipinski definition) is 4. The molecule has 0 fully saturated rings. The first-order valence-electron chi connectivity index (χ1n) is 10.2. The highest BCUT2D eigenvalue weighted by Gasteiger charge is 2.39. The Morgan fingerprint density at radius 2 is 2.00 bits per heavy atom. The van der Waals surface area contributed by atoms with E-state index in [0.29, 0.717) is 5.56 Å². The number of hydrogen-bond donors (Lipinski definition) is 1. The molecular formula is C25H16F2N5O2+. The summed E-state index contributed by atoms with van der Waals surface area (Å²) < 4.78 is 29.5. The van der Waals surface area contributed by atoms with Gasteiger partial charge in [0.05, 0.1) is 30.3 Å². The van der Waals surface area contributed by atoms with E-state index in [-0.39, 0.29) is 18.7 Å². The largest absolute Gasteiger partial charge is 0.341 e. The summed E-state index contributed by atoms with van der Waals surface area (Å²) in [6.07, 6.45) is 4.16. The molecule has 0 spiro atoms. The van der Waals surface area contributed by atoms with Gasteiger partial charge in [-0.05, 0) is 35.9 Å². The van der Waals surface area contributed by atoms with E-state index < -0.39 is 23.1 Å². The van der Waals surface area contributed by atoms with Crippen molar-refractivity contribution in [3.05, 3.63) is 93.8 Å². The maximum Gasteiger partial charge on any atom is 0.302 e. The minimum atomic E-state index is -1.02. The Morgan fingerprint density at radius 3 is 2.82 bits per heavy atom. The molecule has 1 N–H and O–H groups in total. The highest BCUT2D eigenvalue weighted by Crippen LogP contribution is 2.46. The average molecular weight is 456 g/mol. The molecule has 4 aromatic rings. The zero-order chi connectivity index (χ0) is 23.8. The van der Waals surface area contributed by atoms with Crippen molar-refractivity contribution in [2.45, 2.75) is 6.54 Å². The first-order valence-corrected chi connectivity index (χ1v) is 10.2. The van der Waals surface area contributed by atoms with Crippen LogP contribution in [0.4, 0.5) is 20.2 Å². The Morgan fingerprint density at radius 1 is 1.15 bits per heavy atom. The fraction of sp³-hybridized carbons (Fsp3) is 0.0800. The molecule has 0 saturated heterocycles. The van der Waals surface area contributed by atoms with Crippen LogP contribution in [0.1, 0.15) is 21.5 Å². The highest BCUT2D eigenvalue weighted by molar-refractivity contribution is 6.06. The number of nitrogens with zero attached hydrogens (tertiary/aromatic N) is 4. The van der Waals surface area contributed by atoms with Crippen LogP contribution in [0, 0.1) is 23.5 Å². The Bertz CT molecular complexity index is 1630. The summed E-state index contributed by atoms with van der Waals surface area (Å²) in [5, 5.41) is 3.54. The lowest BCUT2D eigenvalue weighted by molar-refractivity contribution is 0.0956. The van der Waals surface area contributed by atoms with Crippen LogP contribution in [0.3, 0.4) is 0 Å². The van der Waals surface area contributed by atoms with E-state index in [2.05, 4.69) is 33.8 Å². The van der Waals surface area contributed by atoms with Gasteiger partial charge in [-0.1, -0.05) is 17.9 Å². The number of pyridine rings is 1. The fourth-order valence-corrected chi connectivity index (χ4v) is 3.59. The number of carbonyl (C=O) groups is 1. The summed E-state index contributed by atoms with van der Waals surface area (Å²) in [4.78, 5) is 33.4. The molecule has 0 radical (unpaired) electrons. The van der Waals surface area contributed by atoms with E-state index in [1.165, 1.54) is 12.4 Å². The minimum absolute atomic E-state index is 0.0149. The van der Waals surface area contributed by atoms with Crippen molar-refractivity contribution in [1.82, 2.24) is 24.4 Å². The zero-order valence-electron chi connectivity index (χ0n) is 17.7. The van der Waals surface area contributed by atoms with E-state index in [4.69, 9.17) is 0 Å². The Kier molecular flexibility index (Phi) is 5.18. The molecule has 166 valence electrons. The Balaban J connectivity index is 1.27. The minimum Gasteiger partial charge on any atom is -0.341 e. The van der Waals surface area contributed by atoms with Crippen LogP contribution < -0.4 is 15.5 Å². The van der Waals surface area contributed by atoms with Crippen LogP contribution in [0.25, 0.3) is 10.9 Å². The van der Waals surface area contributed by atoms with Gasteiger partial charge < -0.3 is 5.32 Å². The van der Waals surface area contributed by atoms with E-state index in [1.54, 1.807) is 10.8 Å². The van der Waals surface area contributed by atoms with Crippen molar-refractivity contribution in [3.8, 4) is 11.8 Å². The smallest absolute Gasteiger partial charge is 0.302 e. The maximum absolute atomic E-state index is 13.4. The molecule has 2 aromatic heterocycles. The van der Waals surface area contributed by atoms with Crippen LogP contribution in [-0.2, 0) is 6.54 Å². The molecule has 7 nitrogen and oxygen atoms in total. The van der Waals surface area contributed by atoms with Crippen LogP contribution in [0.15, 0.2) is 59.9 Å². The predicted octanol–water partition coefficient (Wildman–Crippen LogP) is 2.75. The van der Waals surface area contributed by atoms with Gasteiger partial charge in [0.25, 0.3) is 17.2 Å². The Labute approximate surface area is 192 Å². The van der Waals surface area contributed by atoms with Gasteiger partial charge in [0.2, 0.25) is 0 Å². The van der Waals surface area contributed by atoms with Crippen LogP contribution in [-0.4, -0.2) is 33.7 Å². The third kappa shape index (κ3) is 3.93. The molecule has 0 atom stereocenters. The third-order valence-corrected chi connectivity index (χ3v) is 5.38. The second kappa shape index (κ2) is 8.33. The average Bonchev–Trinajstić information content (AvgIpc) is 3.50. The second-order valence-corrected chi connectivity index (χ2v) is 7.63. The number of fused-ring (bicyclic) bond motifs is 3. The molecule has 5 rings (SSSR count). The molecule has 0 saturated carbocycles. The molecule has 1 amide bonds. The zero-order valence-corrected chi connectivity index (χ0v) is 17.7. The molecule has 1 aliphatic rings. The van der Waals surface area contributed by atoms with E-state index in [1.807, 2.05) is 18.2 Å². The quantitative estimate of drug-likeness (QED) is 0.256. The summed E-state index contributed by atoms with van der Waals surface area (Å²) in [6, 6.07) is 8.95. The molecule has 1 aliphatic heterocycles. The van der Waals surface area contributed by atoms with Crippen molar-refractivity contribution in [2.24, 2.45) is 0 Å². The maximum atomic E-state index is 13.4. The van der Waals surface area contributed by atoms with E-state index >= 15 is 0 Å². The SMILES string of the molecule is C=[N+]1c2cnc3ccc(C#CCNC(=O)c4cncn(Cc5ccc(F)c(F)c5)c4=O)cc3c21. The van der Waals surface area contributed by atoms with Crippen LogP contribution in [0.5, 0.6) is 0 Å². The number of nitrogens with one attached hydrogen (secondary N) is 1. The number of rotatable bonds is 4. The van der Waals surface area contributed by atoms with Crippen LogP contribution >= 0.6 is 0 Å². The van der Waals surface area contributed by atoms with Crippen molar-refractivity contribution in [1.29, 1.82) is 0 Å². The van der Waals surface area contributed by atoms with Gasteiger partial charge in [-0.15, -0.1) is 0 Å². The summed E-state index contributed by atoms with van der Waals surface area (Å²) in [5.74, 6) is 3.21. The highest BCUT2D eigenvalue weighted by atomic mass is 19.2. The van der Waals surface area contributed by atoms with Crippen molar-refractivity contribution in [3.63, 3.8) is 0 Å². The Hall–Kier alpha value is -4.71. The molecule has 2 aromatic carbocycles. The summed E-state index contributed by atoms with van der Waals surface area (Å²) in [6.45, 7) is 3.87. The predicted molar refractivity (Wildman–Crippen MR) is 123 cm³/mol. The lowest BCUT2D eigenvalue weighted by Gasteiger charge is -2.08. The number of benzene rings is 2. The molecule has 9 heteroatoms. The van der Waals surface area contributed by atoms with Gasteiger partial charge in [0.15, 0.2) is 11.6 Å². The van der Waals surface area contributed by atoms with Gasteiger partial charge in [-0.2, -0.15) is 4.58 Å². The monoisotopic (exact) mass is 456 g/mol.